The smallest absolute Gasteiger partial charge is 0.170 e. The second kappa shape index (κ2) is 3.93. The van der Waals surface area contributed by atoms with Crippen molar-refractivity contribution in [3.8, 4) is 5.75 Å². The monoisotopic (exact) mass is 216 g/mol. The molecule has 1 saturated carbocycles. The van der Waals surface area contributed by atoms with Crippen molar-refractivity contribution < 1.29 is 9.53 Å². The van der Waals surface area contributed by atoms with Gasteiger partial charge in [0.05, 0.1) is 12.2 Å². The van der Waals surface area contributed by atoms with Gasteiger partial charge in [0.2, 0.25) is 0 Å². The van der Waals surface area contributed by atoms with Crippen LogP contribution < -0.4 is 4.74 Å². The van der Waals surface area contributed by atoms with E-state index in [0.717, 1.165) is 24.2 Å². The minimum atomic E-state index is 0.206. The van der Waals surface area contributed by atoms with Crippen molar-refractivity contribution in [3.05, 3.63) is 29.8 Å². The summed E-state index contributed by atoms with van der Waals surface area (Å²) in [5, 5.41) is 0. The Morgan fingerprint density at radius 3 is 2.88 bits per heavy atom. The third-order valence-corrected chi connectivity index (χ3v) is 3.85. The van der Waals surface area contributed by atoms with Crippen LogP contribution in [0.2, 0.25) is 0 Å². The van der Waals surface area contributed by atoms with Crippen molar-refractivity contribution in [3.63, 3.8) is 0 Å². The number of para-hydroxylation sites is 1. The molecule has 1 fully saturated rings. The Kier molecular flexibility index (Phi) is 2.43. The van der Waals surface area contributed by atoms with Crippen LogP contribution in [-0.2, 0) is 0 Å². The van der Waals surface area contributed by atoms with Gasteiger partial charge < -0.3 is 4.74 Å². The summed E-state index contributed by atoms with van der Waals surface area (Å²) >= 11 is 0. The molecule has 0 saturated heterocycles. The molecule has 2 atom stereocenters. The first kappa shape index (κ1) is 9.88. The van der Waals surface area contributed by atoms with Gasteiger partial charge in [0.25, 0.3) is 0 Å². The molecule has 0 radical (unpaired) electrons. The summed E-state index contributed by atoms with van der Waals surface area (Å²) in [6, 6.07) is 7.66. The molecular formula is C14H16O2. The average Bonchev–Trinajstić information content (AvgIpc) is 2.49. The van der Waals surface area contributed by atoms with Gasteiger partial charge in [0, 0.05) is 11.8 Å². The van der Waals surface area contributed by atoms with Gasteiger partial charge in [-0.15, -0.1) is 0 Å². The standard InChI is InChI=1S/C14H16O2/c15-14-11-6-2-1-5-10(11)9-16-13-8-4-3-7-12(13)14/h3-4,7-8,10-11H,1-2,5-6,9H2. The number of ether oxygens (including phenoxy) is 1. The van der Waals surface area contributed by atoms with Crippen molar-refractivity contribution in [1.82, 2.24) is 0 Å². The molecule has 1 aliphatic heterocycles. The lowest BCUT2D eigenvalue weighted by atomic mass is 9.76. The summed E-state index contributed by atoms with van der Waals surface area (Å²) in [5.41, 5.74) is 0.789. The molecule has 0 N–H and O–H groups in total. The maximum absolute atomic E-state index is 12.4. The second-order valence-corrected chi connectivity index (χ2v) is 4.82. The van der Waals surface area contributed by atoms with E-state index < -0.39 is 0 Å². The van der Waals surface area contributed by atoms with Gasteiger partial charge >= 0.3 is 0 Å². The van der Waals surface area contributed by atoms with Gasteiger partial charge in [0.15, 0.2) is 5.78 Å². The Balaban J connectivity index is 1.99. The lowest BCUT2D eigenvalue weighted by molar-refractivity contribution is 0.0802. The Morgan fingerprint density at radius 2 is 1.94 bits per heavy atom. The Bertz CT molecular complexity index is 411. The lowest BCUT2D eigenvalue weighted by Crippen LogP contribution is -2.28. The Labute approximate surface area is 95.6 Å². The van der Waals surface area contributed by atoms with Crippen molar-refractivity contribution >= 4 is 5.78 Å². The zero-order valence-electron chi connectivity index (χ0n) is 9.32. The highest BCUT2D eigenvalue weighted by atomic mass is 16.5. The molecule has 0 amide bonds. The minimum Gasteiger partial charge on any atom is -0.493 e. The molecule has 84 valence electrons. The van der Waals surface area contributed by atoms with E-state index >= 15 is 0 Å². The van der Waals surface area contributed by atoms with Crippen LogP contribution in [0.4, 0.5) is 0 Å². The number of Topliss-reactive ketones (excluding diaryl/α,β-unsaturated/α-hetero) is 1. The van der Waals surface area contributed by atoms with Crippen molar-refractivity contribution in [2.45, 2.75) is 25.7 Å². The normalized spacial score (nSPS) is 28.6. The number of carbonyl (C=O) groups is 1. The number of hydrogen-bond donors (Lipinski definition) is 0. The molecular weight excluding hydrogens is 200 g/mol. The summed E-state index contributed by atoms with van der Waals surface area (Å²) in [5.74, 6) is 1.73. The Hall–Kier alpha value is -1.31. The highest BCUT2D eigenvalue weighted by molar-refractivity contribution is 6.00. The zero-order chi connectivity index (χ0) is 11.0. The van der Waals surface area contributed by atoms with Crippen LogP contribution in [0.1, 0.15) is 36.0 Å². The van der Waals surface area contributed by atoms with Gasteiger partial charge in [-0.3, -0.25) is 4.79 Å². The van der Waals surface area contributed by atoms with E-state index in [2.05, 4.69) is 0 Å². The predicted octanol–water partition coefficient (Wildman–Crippen LogP) is 3.07. The minimum absolute atomic E-state index is 0.206. The SMILES string of the molecule is O=C1c2ccccc2OCC2CCCCC12. The van der Waals surface area contributed by atoms with Gasteiger partial charge in [-0.25, -0.2) is 0 Å². The third kappa shape index (κ3) is 1.53. The van der Waals surface area contributed by atoms with Gasteiger partial charge in [-0.05, 0) is 25.0 Å². The third-order valence-electron chi connectivity index (χ3n) is 3.85. The number of carbonyl (C=O) groups excluding carboxylic acids is 1. The summed E-state index contributed by atoms with van der Waals surface area (Å²) in [7, 11) is 0. The molecule has 16 heavy (non-hydrogen) atoms. The maximum atomic E-state index is 12.4. The van der Waals surface area contributed by atoms with E-state index in [1.807, 2.05) is 24.3 Å². The van der Waals surface area contributed by atoms with E-state index in [9.17, 15) is 4.79 Å². The largest absolute Gasteiger partial charge is 0.493 e. The van der Waals surface area contributed by atoms with Crippen LogP contribution in [0.15, 0.2) is 24.3 Å². The summed E-state index contributed by atoms with van der Waals surface area (Å²) in [6.07, 6.45) is 4.62. The molecule has 2 nitrogen and oxygen atoms in total. The van der Waals surface area contributed by atoms with E-state index in [1.54, 1.807) is 0 Å². The summed E-state index contributed by atoms with van der Waals surface area (Å²) in [4.78, 5) is 12.4. The first-order valence-electron chi connectivity index (χ1n) is 6.12. The Morgan fingerprint density at radius 1 is 1.12 bits per heavy atom. The van der Waals surface area contributed by atoms with E-state index in [-0.39, 0.29) is 5.92 Å². The highest BCUT2D eigenvalue weighted by Gasteiger charge is 2.35. The number of fused-ring (bicyclic) bond motifs is 2. The molecule has 0 spiro atoms. The molecule has 0 bridgehead atoms. The van der Waals surface area contributed by atoms with Gasteiger partial charge in [-0.1, -0.05) is 25.0 Å². The predicted molar refractivity (Wildman–Crippen MR) is 61.7 cm³/mol. The lowest BCUT2D eigenvalue weighted by Gasteiger charge is -2.27. The zero-order valence-corrected chi connectivity index (χ0v) is 9.32. The molecule has 3 rings (SSSR count). The highest BCUT2D eigenvalue weighted by Crippen LogP contribution is 2.37. The molecule has 0 aromatic heterocycles. The first-order chi connectivity index (χ1) is 7.86. The average molecular weight is 216 g/mol. The fraction of sp³-hybridized carbons (Fsp3) is 0.500. The molecule has 2 unspecified atom stereocenters. The van der Waals surface area contributed by atoms with Crippen LogP contribution in [-0.4, -0.2) is 12.4 Å². The molecule has 1 aromatic rings. The molecule has 1 aromatic carbocycles. The van der Waals surface area contributed by atoms with Gasteiger partial charge in [-0.2, -0.15) is 0 Å². The topological polar surface area (TPSA) is 26.3 Å². The second-order valence-electron chi connectivity index (χ2n) is 4.82. The van der Waals surface area contributed by atoms with Crippen LogP contribution in [0.3, 0.4) is 0 Å². The van der Waals surface area contributed by atoms with E-state index in [4.69, 9.17) is 4.74 Å². The van der Waals surface area contributed by atoms with Gasteiger partial charge in [0.1, 0.15) is 5.75 Å². The van der Waals surface area contributed by atoms with Crippen LogP contribution >= 0.6 is 0 Å². The maximum Gasteiger partial charge on any atom is 0.170 e. The van der Waals surface area contributed by atoms with Crippen LogP contribution in [0, 0.1) is 11.8 Å². The molecule has 1 heterocycles. The number of benzene rings is 1. The first-order valence-corrected chi connectivity index (χ1v) is 6.12. The molecule has 2 heteroatoms. The van der Waals surface area contributed by atoms with Crippen molar-refractivity contribution in [2.75, 3.05) is 6.61 Å². The summed E-state index contributed by atoms with van der Waals surface area (Å²) < 4.78 is 5.77. The van der Waals surface area contributed by atoms with E-state index in [0.29, 0.717) is 18.3 Å². The number of hydrogen-bond acceptors (Lipinski definition) is 2. The van der Waals surface area contributed by atoms with E-state index in [1.165, 1.54) is 12.8 Å². The fourth-order valence-corrected chi connectivity index (χ4v) is 2.94. The van der Waals surface area contributed by atoms with Crippen molar-refractivity contribution in [1.29, 1.82) is 0 Å². The molecule has 1 aliphatic carbocycles. The van der Waals surface area contributed by atoms with Crippen LogP contribution in [0.25, 0.3) is 0 Å². The van der Waals surface area contributed by atoms with Crippen LogP contribution in [0.5, 0.6) is 5.75 Å². The fourth-order valence-electron chi connectivity index (χ4n) is 2.94. The quantitative estimate of drug-likeness (QED) is 0.666. The molecule has 2 aliphatic rings. The number of ketones is 1. The number of rotatable bonds is 0. The van der Waals surface area contributed by atoms with Crippen molar-refractivity contribution in [2.24, 2.45) is 11.8 Å². The summed E-state index contributed by atoms with van der Waals surface area (Å²) in [6.45, 7) is 0.716.